The number of hydrogen-bond acceptors (Lipinski definition) is 2. The summed E-state index contributed by atoms with van der Waals surface area (Å²) in [5.41, 5.74) is 1.11. The van der Waals surface area contributed by atoms with Crippen molar-refractivity contribution in [2.24, 2.45) is 0 Å². The van der Waals surface area contributed by atoms with Gasteiger partial charge in [0.15, 0.2) is 0 Å². The van der Waals surface area contributed by atoms with Crippen molar-refractivity contribution in [3.8, 4) is 0 Å². The van der Waals surface area contributed by atoms with E-state index in [1.54, 1.807) is 25.1 Å². The molecule has 0 aromatic heterocycles. The van der Waals surface area contributed by atoms with Crippen LogP contribution in [0.15, 0.2) is 60.7 Å². The maximum atomic E-state index is 13.5. The van der Waals surface area contributed by atoms with Crippen LogP contribution in [-0.4, -0.2) is 21.1 Å². The Hall–Kier alpha value is -2.27. The van der Waals surface area contributed by atoms with Crippen molar-refractivity contribution in [3.05, 3.63) is 72.1 Å². The molecule has 1 amide bonds. The molecule has 1 N–H and O–H groups in total. The molecule has 2 aromatic rings. The minimum absolute atomic E-state index is 0.0983. The van der Waals surface area contributed by atoms with Gasteiger partial charge in [0.1, 0.15) is 11.1 Å². The summed E-state index contributed by atoms with van der Waals surface area (Å²) in [6, 6.07) is 15.5. The zero-order valence-corrected chi connectivity index (χ0v) is 13.6. The fourth-order valence-corrected chi connectivity index (χ4v) is 2.78. The molecule has 0 unspecified atom stereocenters. The Morgan fingerprint density at radius 1 is 1.17 bits per heavy atom. The van der Waals surface area contributed by atoms with Crippen molar-refractivity contribution < 1.29 is 13.4 Å². The first kappa shape index (κ1) is 17.1. The van der Waals surface area contributed by atoms with E-state index in [0.717, 1.165) is 5.56 Å². The number of nitrogens with one attached hydrogen (secondary N) is 1. The second-order valence-electron chi connectivity index (χ2n) is 4.97. The number of halogens is 1. The highest BCUT2D eigenvalue weighted by Crippen LogP contribution is 2.13. The standard InChI is InChI=1S/C18H18FNO2S/c1-14(18(21)20-17-12-6-5-11-16(17)19)23(22)13-7-10-15-8-3-2-4-9-15/h2-12,14H,13H2,1H3,(H,20,21)/b10-7-/t14-,23+/m1/s1. The van der Waals surface area contributed by atoms with Gasteiger partial charge in [-0.3, -0.25) is 9.00 Å². The zero-order chi connectivity index (χ0) is 16.7. The van der Waals surface area contributed by atoms with E-state index >= 15 is 0 Å². The van der Waals surface area contributed by atoms with E-state index in [-0.39, 0.29) is 11.4 Å². The first-order valence-corrected chi connectivity index (χ1v) is 8.60. The van der Waals surface area contributed by atoms with Crippen LogP contribution in [0.25, 0.3) is 6.08 Å². The van der Waals surface area contributed by atoms with Gasteiger partial charge >= 0.3 is 0 Å². The van der Waals surface area contributed by atoms with E-state index in [4.69, 9.17) is 0 Å². The molecular formula is C18H18FNO2S. The molecule has 0 aliphatic heterocycles. The Bertz CT molecular complexity index is 716. The van der Waals surface area contributed by atoms with Crippen molar-refractivity contribution in [1.29, 1.82) is 0 Å². The summed E-state index contributed by atoms with van der Waals surface area (Å²) < 4.78 is 25.7. The van der Waals surface area contributed by atoms with Crippen LogP contribution in [-0.2, 0) is 15.6 Å². The zero-order valence-electron chi connectivity index (χ0n) is 12.7. The average Bonchev–Trinajstić information content (AvgIpc) is 2.57. The van der Waals surface area contributed by atoms with Crippen LogP contribution in [0, 0.1) is 5.82 Å². The van der Waals surface area contributed by atoms with Gasteiger partial charge < -0.3 is 5.32 Å². The molecule has 0 bridgehead atoms. The molecule has 2 rings (SSSR count). The lowest BCUT2D eigenvalue weighted by Crippen LogP contribution is -2.30. The lowest BCUT2D eigenvalue weighted by Gasteiger charge is -2.11. The van der Waals surface area contributed by atoms with Crippen LogP contribution in [0.2, 0.25) is 0 Å². The highest BCUT2D eigenvalue weighted by molar-refractivity contribution is 7.86. The van der Waals surface area contributed by atoms with Crippen LogP contribution >= 0.6 is 0 Å². The number of rotatable bonds is 6. The predicted molar refractivity (Wildman–Crippen MR) is 93.0 cm³/mol. The number of carbonyl (C=O) groups is 1. The third-order valence-corrected chi connectivity index (χ3v) is 4.79. The van der Waals surface area contributed by atoms with E-state index < -0.39 is 27.8 Å². The minimum atomic E-state index is -1.37. The molecule has 120 valence electrons. The van der Waals surface area contributed by atoms with Crippen LogP contribution < -0.4 is 5.32 Å². The van der Waals surface area contributed by atoms with Gasteiger partial charge in [0.2, 0.25) is 5.91 Å². The monoisotopic (exact) mass is 331 g/mol. The fourth-order valence-electron chi connectivity index (χ4n) is 1.90. The molecule has 0 saturated carbocycles. The largest absolute Gasteiger partial charge is 0.323 e. The summed E-state index contributed by atoms with van der Waals surface area (Å²) in [5, 5.41) is 1.74. The van der Waals surface area contributed by atoms with Gasteiger partial charge in [0.05, 0.1) is 5.69 Å². The van der Waals surface area contributed by atoms with E-state index in [9.17, 15) is 13.4 Å². The van der Waals surface area contributed by atoms with E-state index in [2.05, 4.69) is 5.32 Å². The Morgan fingerprint density at radius 2 is 1.83 bits per heavy atom. The van der Waals surface area contributed by atoms with Crippen molar-refractivity contribution in [2.75, 3.05) is 11.1 Å². The van der Waals surface area contributed by atoms with Crippen LogP contribution in [0.3, 0.4) is 0 Å². The summed E-state index contributed by atoms with van der Waals surface area (Å²) in [5.74, 6) is -0.704. The van der Waals surface area contributed by atoms with Crippen molar-refractivity contribution >= 4 is 28.5 Å². The van der Waals surface area contributed by atoms with Gasteiger partial charge in [-0.1, -0.05) is 54.6 Å². The number of benzene rings is 2. The van der Waals surface area contributed by atoms with Crippen molar-refractivity contribution in [1.82, 2.24) is 0 Å². The Morgan fingerprint density at radius 3 is 2.52 bits per heavy atom. The number of anilines is 1. The van der Waals surface area contributed by atoms with Gasteiger partial charge in [-0.05, 0) is 24.6 Å². The lowest BCUT2D eigenvalue weighted by molar-refractivity contribution is -0.115. The van der Waals surface area contributed by atoms with E-state index in [0.29, 0.717) is 0 Å². The normalized spacial score (nSPS) is 13.7. The van der Waals surface area contributed by atoms with Crippen LogP contribution in [0.4, 0.5) is 10.1 Å². The van der Waals surface area contributed by atoms with Gasteiger partial charge in [0, 0.05) is 16.6 Å². The molecule has 0 aliphatic carbocycles. The topological polar surface area (TPSA) is 46.2 Å². The summed E-state index contributed by atoms with van der Waals surface area (Å²) in [6.45, 7) is 1.57. The molecule has 0 aliphatic rings. The summed E-state index contributed by atoms with van der Waals surface area (Å²) in [4.78, 5) is 12.0. The van der Waals surface area contributed by atoms with Gasteiger partial charge in [0.25, 0.3) is 0 Å². The average molecular weight is 331 g/mol. The second kappa shape index (κ2) is 8.39. The van der Waals surface area contributed by atoms with Crippen LogP contribution in [0.1, 0.15) is 12.5 Å². The Balaban J connectivity index is 1.90. The molecule has 0 fully saturated rings. The highest BCUT2D eigenvalue weighted by Gasteiger charge is 2.19. The molecule has 3 nitrogen and oxygen atoms in total. The summed E-state index contributed by atoms with van der Waals surface area (Å²) in [6.07, 6.45) is 3.64. The number of para-hydroxylation sites is 1. The minimum Gasteiger partial charge on any atom is -0.323 e. The second-order valence-corrected chi connectivity index (χ2v) is 6.77. The van der Waals surface area contributed by atoms with E-state index in [1.807, 2.05) is 36.4 Å². The number of carbonyl (C=O) groups excluding carboxylic acids is 1. The van der Waals surface area contributed by atoms with Crippen molar-refractivity contribution in [2.45, 2.75) is 12.2 Å². The molecule has 2 atom stereocenters. The molecule has 0 radical (unpaired) electrons. The molecule has 0 heterocycles. The molecule has 5 heteroatoms. The van der Waals surface area contributed by atoms with Crippen LogP contribution in [0.5, 0.6) is 0 Å². The molecule has 0 spiro atoms. The molecular weight excluding hydrogens is 313 g/mol. The first-order valence-electron chi connectivity index (χ1n) is 7.22. The smallest absolute Gasteiger partial charge is 0.239 e. The number of amides is 1. The first-order chi connectivity index (χ1) is 11.1. The third kappa shape index (κ3) is 5.14. The predicted octanol–water partition coefficient (Wildman–Crippen LogP) is 3.61. The highest BCUT2D eigenvalue weighted by atomic mass is 32.2. The molecule has 23 heavy (non-hydrogen) atoms. The molecule has 0 saturated heterocycles. The maximum absolute atomic E-state index is 13.5. The third-order valence-electron chi connectivity index (χ3n) is 3.27. The number of hydrogen-bond donors (Lipinski definition) is 1. The fraction of sp³-hybridized carbons (Fsp3) is 0.167. The maximum Gasteiger partial charge on any atom is 0.239 e. The quantitative estimate of drug-likeness (QED) is 0.879. The summed E-state index contributed by atoms with van der Waals surface area (Å²) in [7, 11) is -1.37. The molecule has 2 aromatic carbocycles. The van der Waals surface area contributed by atoms with Gasteiger partial charge in [-0.15, -0.1) is 0 Å². The Labute approximate surface area is 137 Å². The van der Waals surface area contributed by atoms with Gasteiger partial charge in [-0.25, -0.2) is 4.39 Å². The van der Waals surface area contributed by atoms with Crippen molar-refractivity contribution in [3.63, 3.8) is 0 Å². The SMILES string of the molecule is C[C@H](C(=O)Nc1ccccc1F)[S@@](=O)C/C=C\c1ccccc1. The van der Waals surface area contributed by atoms with Gasteiger partial charge in [-0.2, -0.15) is 0 Å². The van der Waals surface area contributed by atoms with E-state index in [1.165, 1.54) is 12.1 Å². The lowest BCUT2D eigenvalue weighted by atomic mass is 10.2. The Kier molecular flexibility index (Phi) is 6.23. The summed E-state index contributed by atoms with van der Waals surface area (Å²) >= 11 is 0.